The number of nitrogens with zero attached hydrogens (tertiary/aromatic N) is 3. The molecule has 2 unspecified atom stereocenters. The van der Waals surface area contributed by atoms with Crippen LogP contribution in [0.25, 0.3) is 5.65 Å². The number of aromatic nitrogens is 2. The average Bonchev–Trinajstić information content (AvgIpc) is 3.03. The number of imidazole rings is 1. The number of aryl methyl sites for hydroxylation is 1. The summed E-state index contributed by atoms with van der Waals surface area (Å²) < 4.78 is 1.92. The number of hydrogen-bond donors (Lipinski definition) is 1. The molecule has 0 aromatic carbocycles. The zero-order chi connectivity index (χ0) is 16.5. The molecule has 2 aromatic rings. The molecule has 0 spiro atoms. The summed E-state index contributed by atoms with van der Waals surface area (Å²) in [5.41, 5.74) is 2.49. The van der Waals surface area contributed by atoms with Gasteiger partial charge < -0.3 is 14.6 Å². The van der Waals surface area contributed by atoms with Gasteiger partial charge in [-0.15, -0.1) is 0 Å². The first-order valence-corrected chi connectivity index (χ1v) is 9.18. The van der Waals surface area contributed by atoms with Crippen LogP contribution in [0.4, 0.5) is 0 Å². The number of piperidine rings is 2. The molecule has 1 N–H and O–H groups in total. The van der Waals surface area contributed by atoms with Gasteiger partial charge in [-0.2, -0.15) is 0 Å². The zero-order valence-electron chi connectivity index (χ0n) is 14.4. The Morgan fingerprint density at radius 3 is 3.00 bits per heavy atom. The predicted molar refractivity (Wildman–Crippen MR) is 94.2 cm³/mol. The Kier molecular flexibility index (Phi) is 4.27. The van der Waals surface area contributed by atoms with E-state index >= 15 is 0 Å². The normalized spacial score (nSPS) is 24.7. The predicted octanol–water partition coefficient (Wildman–Crippen LogP) is 2.64. The highest BCUT2D eigenvalue weighted by atomic mass is 16.1. The summed E-state index contributed by atoms with van der Waals surface area (Å²) in [5.74, 6) is 0.534. The van der Waals surface area contributed by atoms with Crippen LogP contribution in [0.5, 0.6) is 0 Å². The summed E-state index contributed by atoms with van der Waals surface area (Å²) in [5, 5.41) is 3.14. The fourth-order valence-corrected chi connectivity index (χ4v) is 4.34. The van der Waals surface area contributed by atoms with Gasteiger partial charge in [0.15, 0.2) is 0 Å². The number of carbonyl (C=O) groups excluding carboxylic acids is 1. The van der Waals surface area contributed by atoms with Crippen LogP contribution in [0.2, 0.25) is 0 Å². The van der Waals surface area contributed by atoms with E-state index < -0.39 is 0 Å². The third-order valence-corrected chi connectivity index (χ3v) is 5.59. The molecule has 0 radical (unpaired) electrons. The van der Waals surface area contributed by atoms with Gasteiger partial charge in [0, 0.05) is 25.0 Å². The number of hydrogen-bond acceptors (Lipinski definition) is 3. The van der Waals surface area contributed by atoms with E-state index in [4.69, 9.17) is 0 Å². The van der Waals surface area contributed by atoms with Gasteiger partial charge in [0.2, 0.25) is 0 Å². The van der Waals surface area contributed by atoms with Crippen LogP contribution in [0, 0.1) is 12.8 Å². The quantitative estimate of drug-likeness (QED) is 0.943. The molecule has 1 amide bonds. The molecule has 2 atom stereocenters. The van der Waals surface area contributed by atoms with Gasteiger partial charge in [0.05, 0.1) is 0 Å². The van der Waals surface area contributed by atoms with E-state index in [9.17, 15) is 4.79 Å². The van der Waals surface area contributed by atoms with E-state index in [0.29, 0.717) is 17.7 Å². The summed E-state index contributed by atoms with van der Waals surface area (Å²) in [4.78, 5) is 19.6. The zero-order valence-corrected chi connectivity index (χ0v) is 14.4. The van der Waals surface area contributed by atoms with Crippen molar-refractivity contribution in [1.29, 1.82) is 0 Å². The van der Waals surface area contributed by atoms with Gasteiger partial charge in [-0.1, -0.05) is 12.5 Å². The largest absolute Gasteiger partial charge is 0.350 e. The Balaban J connectivity index is 1.41. The van der Waals surface area contributed by atoms with Crippen LogP contribution in [-0.4, -0.2) is 45.9 Å². The van der Waals surface area contributed by atoms with Crippen LogP contribution < -0.4 is 5.32 Å². The average molecular weight is 326 g/mol. The SMILES string of the molecule is Cc1ccc2nc(C(=O)NCC3CCCN4CCCCC34)cn2c1. The van der Waals surface area contributed by atoms with Crippen molar-refractivity contribution in [2.45, 2.75) is 45.1 Å². The number of carbonyl (C=O) groups is 1. The second-order valence-electron chi connectivity index (χ2n) is 7.31. The molecule has 5 nitrogen and oxygen atoms in total. The van der Waals surface area contributed by atoms with Crippen molar-refractivity contribution in [3.63, 3.8) is 0 Å². The molecule has 5 heteroatoms. The lowest BCUT2D eigenvalue weighted by atomic mass is 9.83. The molecular weight excluding hydrogens is 300 g/mol. The molecule has 0 bridgehead atoms. The third kappa shape index (κ3) is 3.05. The number of fused-ring (bicyclic) bond motifs is 2. The second kappa shape index (κ2) is 6.55. The minimum absolute atomic E-state index is 0.0516. The lowest BCUT2D eigenvalue weighted by Crippen LogP contribution is -2.51. The van der Waals surface area contributed by atoms with E-state index in [-0.39, 0.29) is 5.91 Å². The van der Waals surface area contributed by atoms with Gasteiger partial charge in [0.1, 0.15) is 11.3 Å². The molecule has 2 fully saturated rings. The second-order valence-corrected chi connectivity index (χ2v) is 7.31. The highest BCUT2D eigenvalue weighted by Gasteiger charge is 2.33. The van der Waals surface area contributed by atoms with E-state index in [2.05, 4.69) is 15.2 Å². The van der Waals surface area contributed by atoms with E-state index in [1.807, 2.05) is 35.9 Å². The first-order chi connectivity index (χ1) is 11.7. The molecule has 2 aliphatic rings. The first kappa shape index (κ1) is 15.6. The van der Waals surface area contributed by atoms with Crippen molar-refractivity contribution < 1.29 is 4.79 Å². The van der Waals surface area contributed by atoms with Crippen molar-refractivity contribution in [2.75, 3.05) is 19.6 Å². The maximum atomic E-state index is 12.5. The van der Waals surface area contributed by atoms with Crippen molar-refractivity contribution in [2.24, 2.45) is 5.92 Å². The molecule has 128 valence electrons. The molecule has 2 aliphatic heterocycles. The van der Waals surface area contributed by atoms with Crippen molar-refractivity contribution in [3.8, 4) is 0 Å². The minimum atomic E-state index is -0.0516. The number of pyridine rings is 1. The van der Waals surface area contributed by atoms with Crippen LogP contribution >= 0.6 is 0 Å². The van der Waals surface area contributed by atoms with Crippen LogP contribution in [0.3, 0.4) is 0 Å². The minimum Gasteiger partial charge on any atom is -0.350 e. The maximum Gasteiger partial charge on any atom is 0.271 e. The first-order valence-electron chi connectivity index (χ1n) is 9.18. The Bertz CT molecular complexity index is 736. The van der Waals surface area contributed by atoms with Crippen molar-refractivity contribution in [1.82, 2.24) is 19.6 Å². The van der Waals surface area contributed by atoms with Crippen LogP contribution in [0.15, 0.2) is 24.5 Å². The number of nitrogens with one attached hydrogen (secondary N) is 1. The summed E-state index contributed by atoms with van der Waals surface area (Å²) in [6, 6.07) is 4.63. The van der Waals surface area contributed by atoms with E-state index in [1.54, 1.807) is 0 Å². The van der Waals surface area contributed by atoms with Crippen molar-refractivity contribution in [3.05, 3.63) is 35.8 Å². The van der Waals surface area contributed by atoms with Gasteiger partial charge in [-0.3, -0.25) is 4.79 Å². The molecule has 4 heterocycles. The summed E-state index contributed by atoms with van der Waals surface area (Å²) in [6.07, 6.45) is 10.3. The van der Waals surface area contributed by atoms with Crippen molar-refractivity contribution >= 4 is 11.6 Å². The highest BCUT2D eigenvalue weighted by molar-refractivity contribution is 5.92. The lowest BCUT2D eigenvalue weighted by Gasteiger charge is -2.44. The molecule has 24 heavy (non-hydrogen) atoms. The number of rotatable bonds is 3. The Morgan fingerprint density at radius 1 is 1.21 bits per heavy atom. The molecule has 0 saturated carbocycles. The van der Waals surface area contributed by atoms with Gasteiger partial charge in [0.25, 0.3) is 5.91 Å². The Labute approximate surface area is 143 Å². The van der Waals surface area contributed by atoms with Crippen LogP contribution in [0.1, 0.15) is 48.2 Å². The summed E-state index contributed by atoms with van der Waals surface area (Å²) in [6.45, 7) is 5.28. The van der Waals surface area contributed by atoms with Gasteiger partial charge in [-0.05, 0) is 63.2 Å². The molecule has 4 rings (SSSR count). The fourth-order valence-electron chi connectivity index (χ4n) is 4.34. The fraction of sp³-hybridized carbons (Fsp3) is 0.579. The number of amides is 1. The van der Waals surface area contributed by atoms with Crippen LogP contribution in [-0.2, 0) is 0 Å². The van der Waals surface area contributed by atoms with E-state index in [0.717, 1.165) is 17.8 Å². The lowest BCUT2D eigenvalue weighted by molar-refractivity contribution is 0.0575. The summed E-state index contributed by atoms with van der Waals surface area (Å²) in [7, 11) is 0. The standard InChI is InChI=1S/C19H26N4O/c1-14-7-8-18-21-16(13-23(18)12-14)19(24)20-11-15-5-4-10-22-9-3-2-6-17(15)22/h7-8,12-13,15,17H,2-6,9-11H2,1H3,(H,20,24). The maximum absolute atomic E-state index is 12.5. The van der Waals surface area contributed by atoms with E-state index in [1.165, 1.54) is 45.2 Å². The Hall–Kier alpha value is -1.88. The Morgan fingerprint density at radius 2 is 2.08 bits per heavy atom. The highest BCUT2D eigenvalue weighted by Crippen LogP contribution is 2.30. The van der Waals surface area contributed by atoms with Gasteiger partial charge >= 0.3 is 0 Å². The molecule has 2 aromatic heterocycles. The monoisotopic (exact) mass is 326 g/mol. The summed E-state index contributed by atoms with van der Waals surface area (Å²) >= 11 is 0. The smallest absolute Gasteiger partial charge is 0.271 e. The molecule has 0 aliphatic carbocycles. The molecule has 2 saturated heterocycles. The molecular formula is C19H26N4O. The van der Waals surface area contributed by atoms with Gasteiger partial charge in [-0.25, -0.2) is 4.98 Å². The topological polar surface area (TPSA) is 49.6 Å². The third-order valence-electron chi connectivity index (χ3n) is 5.59.